The SMILES string of the molecule is CC(N)C(F)c1ccc2c(c1)CCS2. The Morgan fingerprint density at radius 2 is 2.29 bits per heavy atom. The standard InChI is InChI=1S/C11H14FNS/c1-7(13)11(12)9-2-3-10-8(6-9)4-5-14-10/h2-3,6-7,11H,4-5,13H2,1H3. The first-order chi connectivity index (χ1) is 6.68. The molecule has 1 heterocycles. The van der Waals surface area contributed by atoms with Crippen molar-refractivity contribution in [3.05, 3.63) is 29.3 Å². The third kappa shape index (κ3) is 1.79. The summed E-state index contributed by atoms with van der Waals surface area (Å²) in [5.74, 6) is 1.12. The van der Waals surface area contributed by atoms with Gasteiger partial charge in [-0.05, 0) is 30.5 Å². The highest BCUT2D eigenvalue weighted by atomic mass is 32.2. The maximum atomic E-state index is 13.6. The number of rotatable bonds is 2. The third-order valence-electron chi connectivity index (χ3n) is 2.49. The maximum Gasteiger partial charge on any atom is 0.140 e. The second-order valence-corrected chi connectivity index (χ2v) is 4.86. The highest BCUT2D eigenvalue weighted by Crippen LogP contribution is 2.33. The molecule has 0 saturated carbocycles. The minimum atomic E-state index is -1.04. The Balaban J connectivity index is 2.28. The monoisotopic (exact) mass is 211 g/mol. The Morgan fingerprint density at radius 3 is 3.00 bits per heavy atom. The minimum absolute atomic E-state index is 0.429. The van der Waals surface area contributed by atoms with Crippen LogP contribution in [0.15, 0.2) is 23.1 Å². The van der Waals surface area contributed by atoms with Crippen molar-refractivity contribution in [1.82, 2.24) is 0 Å². The number of fused-ring (bicyclic) bond motifs is 1. The van der Waals surface area contributed by atoms with Crippen molar-refractivity contribution >= 4 is 11.8 Å². The van der Waals surface area contributed by atoms with Gasteiger partial charge in [0.2, 0.25) is 0 Å². The van der Waals surface area contributed by atoms with Crippen LogP contribution >= 0.6 is 11.8 Å². The average Bonchev–Trinajstić information content (AvgIpc) is 2.62. The number of benzene rings is 1. The van der Waals surface area contributed by atoms with Crippen LogP contribution in [0.25, 0.3) is 0 Å². The normalized spacial score (nSPS) is 19.1. The Hall–Kier alpha value is -0.540. The largest absolute Gasteiger partial charge is 0.325 e. The molecule has 1 aromatic rings. The van der Waals surface area contributed by atoms with Gasteiger partial charge in [-0.1, -0.05) is 12.1 Å². The topological polar surface area (TPSA) is 26.0 Å². The molecule has 1 aliphatic heterocycles. The molecule has 76 valence electrons. The maximum absolute atomic E-state index is 13.6. The molecule has 0 aromatic heterocycles. The predicted octanol–water partition coefficient (Wildman–Crippen LogP) is 2.69. The number of nitrogens with two attached hydrogens (primary N) is 1. The Kier molecular flexibility index (Phi) is 2.79. The zero-order valence-corrected chi connectivity index (χ0v) is 8.98. The van der Waals surface area contributed by atoms with Gasteiger partial charge in [0.15, 0.2) is 0 Å². The molecule has 0 amide bonds. The van der Waals surface area contributed by atoms with Gasteiger partial charge in [0.05, 0.1) is 0 Å². The number of thioether (sulfide) groups is 1. The van der Waals surface area contributed by atoms with E-state index in [1.165, 1.54) is 10.5 Å². The lowest BCUT2D eigenvalue weighted by Gasteiger charge is -2.13. The van der Waals surface area contributed by atoms with Crippen molar-refractivity contribution < 1.29 is 4.39 Å². The van der Waals surface area contributed by atoms with E-state index in [1.807, 2.05) is 30.0 Å². The summed E-state index contributed by atoms with van der Waals surface area (Å²) in [5.41, 5.74) is 7.53. The van der Waals surface area contributed by atoms with Crippen molar-refractivity contribution in [1.29, 1.82) is 0 Å². The van der Waals surface area contributed by atoms with Gasteiger partial charge in [-0.3, -0.25) is 0 Å². The molecule has 0 radical (unpaired) electrons. The quantitative estimate of drug-likeness (QED) is 0.814. The van der Waals surface area contributed by atoms with Crippen LogP contribution in [0.3, 0.4) is 0 Å². The van der Waals surface area contributed by atoms with E-state index in [0.717, 1.165) is 17.7 Å². The van der Waals surface area contributed by atoms with Crippen LogP contribution in [-0.4, -0.2) is 11.8 Å². The summed E-state index contributed by atoms with van der Waals surface area (Å²) in [5, 5.41) is 0. The molecule has 1 aromatic carbocycles. The van der Waals surface area contributed by atoms with Gasteiger partial charge in [-0.2, -0.15) is 0 Å². The molecule has 0 bridgehead atoms. The van der Waals surface area contributed by atoms with E-state index in [4.69, 9.17) is 5.73 Å². The highest BCUT2D eigenvalue weighted by Gasteiger charge is 2.18. The lowest BCUT2D eigenvalue weighted by molar-refractivity contribution is 0.300. The molecule has 1 nitrogen and oxygen atoms in total. The average molecular weight is 211 g/mol. The van der Waals surface area contributed by atoms with Crippen LogP contribution < -0.4 is 5.73 Å². The van der Waals surface area contributed by atoms with E-state index < -0.39 is 12.2 Å². The summed E-state index contributed by atoms with van der Waals surface area (Å²) in [6.45, 7) is 1.70. The predicted molar refractivity (Wildman–Crippen MR) is 58.4 cm³/mol. The smallest absolute Gasteiger partial charge is 0.140 e. The fourth-order valence-electron chi connectivity index (χ4n) is 1.68. The summed E-state index contributed by atoms with van der Waals surface area (Å²) in [6.07, 6.45) is 0.0189. The molecule has 2 unspecified atom stereocenters. The summed E-state index contributed by atoms with van der Waals surface area (Å²) < 4.78 is 13.6. The van der Waals surface area contributed by atoms with Crippen LogP contribution in [0.2, 0.25) is 0 Å². The van der Waals surface area contributed by atoms with Crippen molar-refractivity contribution in [3.63, 3.8) is 0 Å². The first-order valence-electron chi connectivity index (χ1n) is 4.84. The van der Waals surface area contributed by atoms with Gasteiger partial charge in [-0.25, -0.2) is 4.39 Å². The van der Waals surface area contributed by atoms with E-state index in [1.54, 1.807) is 6.92 Å². The van der Waals surface area contributed by atoms with Gasteiger partial charge in [0.25, 0.3) is 0 Å². The van der Waals surface area contributed by atoms with Crippen molar-refractivity contribution in [2.75, 3.05) is 5.75 Å². The summed E-state index contributed by atoms with van der Waals surface area (Å²) >= 11 is 1.84. The Labute approximate surface area is 87.9 Å². The van der Waals surface area contributed by atoms with Crippen molar-refractivity contribution in [2.45, 2.75) is 30.5 Å². The molecule has 0 aliphatic carbocycles. The van der Waals surface area contributed by atoms with Crippen molar-refractivity contribution in [2.24, 2.45) is 5.73 Å². The van der Waals surface area contributed by atoms with Gasteiger partial charge in [0, 0.05) is 16.7 Å². The van der Waals surface area contributed by atoms with E-state index in [9.17, 15) is 4.39 Å². The van der Waals surface area contributed by atoms with Gasteiger partial charge >= 0.3 is 0 Å². The van der Waals surface area contributed by atoms with E-state index in [-0.39, 0.29) is 0 Å². The second kappa shape index (κ2) is 3.91. The second-order valence-electron chi connectivity index (χ2n) is 3.73. The van der Waals surface area contributed by atoms with Crippen LogP contribution in [0.5, 0.6) is 0 Å². The molecule has 0 saturated heterocycles. The number of halogens is 1. The van der Waals surface area contributed by atoms with Crippen LogP contribution in [-0.2, 0) is 6.42 Å². The number of hydrogen-bond acceptors (Lipinski definition) is 2. The first-order valence-corrected chi connectivity index (χ1v) is 5.82. The zero-order valence-electron chi connectivity index (χ0n) is 8.16. The van der Waals surface area contributed by atoms with E-state index in [0.29, 0.717) is 0 Å². The summed E-state index contributed by atoms with van der Waals surface area (Å²) in [7, 11) is 0. The molecule has 3 heteroatoms. The number of alkyl halides is 1. The van der Waals surface area contributed by atoms with Crippen LogP contribution in [0.4, 0.5) is 4.39 Å². The number of aryl methyl sites for hydroxylation is 1. The van der Waals surface area contributed by atoms with Crippen LogP contribution in [0, 0.1) is 0 Å². The Bertz CT molecular complexity index is 338. The zero-order chi connectivity index (χ0) is 10.1. The molecule has 0 spiro atoms. The molecule has 2 N–H and O–H groups in total. The lowest BCUT2D eigenvalue weighted by atomic mass is 10.0. The fourth-order valence-corrected chi connectivity index (χ4v) is 2.73. The molecule has 2 atom stereocenters. The third-order valence-corrected chi connectivity index (χ3v) is 3.61. The van der Waals surface area contributed by atoms with Crippen molar-refractivity contribution in [3.8, 4) is 0 Å². The van der Waals surface area contributed by atoms with Gasteiger partial charge in [-0.15, -0.1) is 11.8 Å². The molecular formula is C11H14FNS. The number of hydrogen-bond donors (Lipinski definition) is 1. The highest BCUT2D eigenvalue weighted by molar-refractivity contribution is 7.99. The molecule has 1 aliphatic rings. The van der Waals surface area contributed by atoms with Gasteiger partial charge < -0.3 is 5.73 Å². The molecule has 0 fully saturated rings. The molecule has 14 heavy (non-hydrogen) atoms. The van der Waals surface area contributed by atoms with E-state index in [2.05, 4.69) is 0 Å². The summed E-state index contributed by atoms with van der Waals surface area (Å²) in [4.78, 5) is 1.30. The first kappa shape index (κ1) is 9.99. The van der Waals surface area contributed by atoms with Crippen LogP contribution in [0.1, 0.15) is 24.2 Å². The lowest BCUT2D eigenvalue weighted by Crippen LogP contribution is -2.21. The fraction of sp³-hybridized carbons (Fsp3) is 0.455. The van der Waals surface area contributed by atoms with E-state index >= 15 is 0 Å². The minimum Gasteiger partial charge on any atom is -0.325 e. The molecular weight excluding hydrogens is 197 g/mol. The molecule has 2 rings (SSSR count). The Morgan fingerprint density at radius 1 is 1.50 bits per heavy atom. The summed E-state index contributed by atoms with van der Waals surface area (Å²) in [6, 6.07) is 5.40. The van der Waals surface area contributed by atoms with Gasteiger partial charge in [0.1, 0.15) is 6.17 Å².